The Labute approximate surface area is 95.3 Å². The normalized spacial score (nSPS) is 17.2. The zero-order valence-electron chi connectivity index (χ0n) is 8.18. The summed E-state index contributed by atoms with van der Waals surface area (Å²) in [6.07, 6.45) is 3.16. The summed E-state index contributed by atoms with van der Waals surface area (Å²) in [5.74, 6) is -0.163. The summed E-state index contributed by atoms with van der Waals surface area (Å²) in [4.78, 5) is 19.4. The second kappa shape index (κ2) is 3.53. The lowest BCUT2D eigenvalue weighted by atomic mass is 10.2. The number of rotatable bonds is 1. The highest BCUT2D eigenvalue weighted by atomic mass is 32.1. The van der Waals surface area contributed by atoms with E-state index in [0.717, 1.165) is 15.8 Å². The van der Waals surface area contributed by atoms with Crippen LogP contribution in [0.2, 0.25) is 0 Å². The first-order chi connectivity index (χ1) is 7.83. The van der Waals surface area contributed by atoms with Crippen molar-refractivity contribution in [3.63, 3.8) is 0 Å². The number of aliphatic imine (C=N–C) groups is 1. The molecule has 78 valence electrons. The maximum absolute atomic E-state index is 11.3. The number of nitrogens with one attached hydrogen (secondary N) is 1. The van der Waals surface area contributed by atoms with Crippen LogP contribution in [0.3, 0.4) is 0 Å². The molecule has 5 heteroatoms. The molecule has 0 radical (unpaired) electrons. The van der Waals surface area contributed by atoms with Gasteiger partial charge in [0.1, 0.15) is 5.70 Å². The second-order valence-corrected chi connectivity index (χ2v) is 4.23. The Kier molecular flexibility index (Phi) is 2.04. The van der Waals surface area contributed by atoms with Crippen LogP contribution in [0, 0.1) is 0 Å². The van der Waals surface area contributed by atoms with Crippen LogP contribution in [0.5, 0.6) is 0 Å². The largest absolute Gasteiger partial charge is 0.311 e. The second-order valence-electron chi connectivity index (χ2n) is 3.34. The minimum Gasteiger partial charge on any atom is -0.311 e. The number of carbonyl (C=O) groups excluding carboxylic acids is 1. The molecule has 0 aliphatic carbocycles. The maximum Gasteiger partial charge on any atom is 0.275 e. The van der Waals surface area contributed by atoms with Crippen molar-refractivity contribution in [3.8, 4) is 0 Å². The maximum atomic E-state index is 11.3. The molecular weight excluding hydrogens is 222 g/mol. The quantitative estimate of drug-likeness (QED) is 0.758. The van der Waals surface area contributed by atoms with Gasteiger partial charge in [0, 0.05) is 0 Å². The molecule has 1 amide bonds. The lowest BCUT2D eigenvalue weighted by Crippen LogP contribution is -2.14. The molecule has 1 aromatic heterocycles. The van der Waals surface area contributed by atoms with E-state index < -0.39 is 0 Å². The van der Waals surface area contributed by atoms with E-state index in [2.05, 4.69) is 15.3 Å². The highest BCUT2D eigenvalue weighted by Gasteiger charge is 2.11. The third-order valence-electron chi connectivity index (χ3n) is 2.29. The SMILES string of the molecule is O=C1NC=NC1=Cc1ccc2ncsc2c1. The number of fused-ring (bicyclic) bond motifs is 1. The summed E-state index contributed by atoms with van der Waals surface area (Å²) in [6, 6.07) is 5.87. The van der Waals surface area contributed by atoms with Crippen molar-refractivity contribution in [2.75, 3.05) is 0 Å². The van der Waals surface area contributed by atoms with Gasteiger partial charge in [-0.15, -0.1) is 11.3 Å². The van der Waals surface area contributed by atoms with Crippen LogP contribution in [-0.2, 0) is 4.79 Å². The smallest absolute Gasteiger partial charge is 0.275 e. The Morgan fingerprint density at radius 1 is 1.38 bits per heavy atom. The van der Waals surface area contributed by atoms with Crippen LogP contribution in [0.15, 0.2) is 34.4 Å². The van der Waals surface area contributed by atoms with Gasteiger partial charge in [-0.1, -0.05) is 6.07 Å². The number of carbonyl (C=O) groups is 1. The van der Waals surface area contributed by atoms with Crippen LogP contribution < -0.4 is 5.32 Å². The Hall–Kier alpha value is -2.01. The summed E-state index contributed by atoms with van der Waals surface area (Å²) in [5, 5.41) is 2.51. The van der Waals surface area contributed by atoms with Gasteiger partial charge in [-0.05, 0) is 23.8 Å². The van der Waals surface area contributed by atoms with Crippen molar-refractivity contribution < 1.29 is 4.79 Å². The number of hydrogen-bond acceptors (Lipinski definition) is 4. The monoisotopic (exact) mass is 229 g/mol. The zero-order valence-corrected chi connectivity index (χ0v) is 8.99. The molecule has 1 aromatic carbocycles. The minimum atomic E-state index is -0.163. The molecule has 0 unspecified atom stereocenters. The summed E-state index contributed by atoms with van der Waals surface area (Å²) < 4.78 is 1.11. The molecule has 0 saturated carbocycles. The predicted molar refractivity (Wildman–Crippen MR) is 64.2 cm³/mol. The van der Waals surface area contributed by atoms with Crippen LogP contribution in [0.4, 0.5) is 0 Å². The molecule has 1 aliphatic heterocycles. The fraction of sp³-hybridized carbons (Fsp3) is 0. The Balaban J connectivity index is 2.06. The summed E-state index contributed by atoms with van der Waals surface area (Å²) >= 11 is 1.58. The average molecular weight is 229 g/mol. The van der Waals surface area contributed by atoms with Crippen molar-refractivity contribution in [3.05, 3.63) is 35.0 Å². The van der Waals surface area contributed by atoms with Gasteiger partial charge in [0.05, 0.1) is 22.1 Å². The van der Waals surface area contributed by atoms with Gasteiger partial charge >= 0.3 is 0 Å². The third kappa shape index (κ3) is 1.51. The molecule has 1 N–H and O–H groups in total. The topological polar surface area (TPSA) is 54.4 Å². The highest BCUT2D eigenvalue weighted by molar-refractivity contribution is 7.16. The molecule has 2 heterocycles. The first kappa shape index (κ1) is 9.23. The van der Waals surface area contributed by atoms with E-state index in [0.29, 0.717) is 5.70 Å². The van der Waals surface area contributed by atoms with Crippen molar-refractivity contribution in [2.45, 2.75) is 0 Å². The molecule has 0 fully saturated rings. The number of hydrogen-bond donors (Lipinski definition) is 1. The fourth-order valence-electron chi connectivity index (χ4n) is 1.52. The zero-order chi connectivity index (χ0) is 11.0. The van der Waals surface area contributed by atoms with Crippen molar-refractivity contribution in [2.24, 2.45) is 4.99 Å². The molecule has 0 spiro atoms. The first-order valence-corrected chi connectivity index (χ1v) is 5.59. The fourth-order valence-corrected chi connectivity index (χ4v) is 2.24. The number of amides is 1. The van der Waals surface area contributed by atoms with Crippen molar-refractivity contribution in [1.82, 2.24) is 10.3 Å². The summed E-state index contributed by atoms with van der Waals surface area (Å²) in [5.41, 5.74) is 4.18. The number of aromatic nitrogens is 1. The lowest BCUT2D eigenvalue weighted by molar-refractivity contribution is -0.115. The van der Waals surface area contributed by atoms with Gasteiger partial charge in [0.2, 0.25) is 0 Å². The van der Waals surface area contributed by atoms with Gasteiger partial charge in [0.15, 0.2) is 0 Å². The van der Waals surface area contributed by atoms with Gasteiger partial charge in [-0.2, -0.15) is 0 Å². The van der Waals surface area contributed by atoms with Gasteiger partial charge in [-0.25, -0.2) is 9.98 Å². The molecule has 0 atom stereocenters. The average Bonchev–Trinajstić information content (AvgIpc) is 2.88. The molecule has 4 nitrogen and oxygen atoms in total. The molecule has 0 bridgehead atoms. The van der Waals surface area contributed by atoms with E-state index in [9.17, 15) is 4.79 Å². The Morgan fingerprint density at radius 2 is 2.31 bits per heavy atom. The molecule has 0 saturated heterocycles. The van der Waals surface area contributed by atoms with Crippen molar-refractivity contribution >= 4 is 39.9 Å². The molecule has 2 aromatic rings. The lowest BCUT2D eigenvalue weighted by Gasteiger charge is -1.94. The Bertz CT molecular complexity index is 627. The van der Waals surface area contributed by atoms with E-state index in [-0.39, 0.29) is 5.91 Å². The van der Waals surface area contributed by atoms with Crippen LogP contribution in [0.25, 0.3) is 16.3 Å². The van der Waals surface area contributed by atoms with E-state index >= 15 is 0 Å². The number of nitrogens with zero attached hydrogens (tertiary/aromatic N) is 2. The standard InChI is InChI=1S/C11H7N3OS/c15-11-9(12-5-13-11)3-7-1-2-8-10(4-7)16-6-14-8/h1-6H,(H,12,13,15). The van der Waals surface area contributed by atoms with E-state index in [1.54, 1.807) is 17.4 Å². The van der Waals surface area contributed by atoms with Crippen LogP contribution >= 0.6 is 11.3 Å². The van der Waals surface area contributed by atoms with Crippen LogP contribution in [-0.4, -0.2) is 17.2 Å². The third-order valence-corrected chi connectivity index (χ3v) is 3.08. The van der Waals surface area contributed by atoms with Gasteiger partial charge in [0.25, 0.3) is 5.91 Å². The number of thiazole rings is 1. The molecular formula is C11H7N3OS. The minimum absolute atomic E-state index is 0.163. The molecule has 16 heavy (non-hydrogen) atoms. The summed E-state index contributed by atoms with van der Waals surface area (Å²) in [7, 11) is 0. The van der Waals surface area contributed by atoms with Gasteiger partial charge < -0.3 is 5.32 Å². The Morgan fingerprint density at radius 3 is 3.12 bits per heavy atom. The molecule has 3 rings (SSSR count). The van der Waals surface area contributed by atoms with Gasteiger partial charge in [-0.3, -0.25) is 4.79 Å². The number of benzene rings is 1. The molecule has 1 aliphatic rings. The van der Waals surface area contributed by atoms with E-state index in [1.807, 2.05) is 23.7 Å². The first-order valence-electron chi connectivity index (χ1n) is 4.71. The van der Waals surface area contributed by atoms with Crippen LogP contribution in [0.1, 0.15) is 5.56 Å². The summed E-state index contributed by atoms with van der Waals surface area (Å²) in [6.45, 7) is 0. The van der Waals surface area contributed by atoms with Crippen molar-refractivity contribution in [1.29, 1.82) is 0 Å². The van der Waals surface area contributed by atoms with E-state index in [4.69, 9.17) is 0 Å². The van der Waals surface area contributed by atoms with E-state index in [1.165, 1.54) is 6.34 Å². The highest BCUT2D eigenvalue weighted by Crippen LogP contribution is 2.21. The predicted octanol–water partition coefficient (Wildman–Crippen LogP) is 1.80.